The van der Waals surface area contributed by atoms with Crippen LogP contribution in [0.3, 0.4) is 0 Å². The van der Waals surface area contributed by atoms with E-state index in [2.05, 4.69) is 50.4 Å². The van der Waals surface area contributed by atoms with Crippen molar-refractivity contribution in [3.05, 3.63) is 64.1 Å². The lowest BCUT2D eigenvalue weighted by molar-refractivity contribution is -0.132. The second-order valence-electron chi connectivity index (χ2n) is 8.15. The van der Waals surface area contributed by atoms with Gasteiger partial charge in [0.25, 0.3) is 0 Å². The average Bonchev–Trinajstić information content (AvgIpc) is 3.15. The zero-order valence-corrected chi connectivity index (χ0v) is 18.7. The quantitative estimate of drug-likeness (QED) is 0.647. The van der Waals surface area contributed by atoms with Gasteiger partial charge in [-0.2, -0.15) is 0 Å². The zero-order valence-electron chi connectivity index (χ0n) is 17.1. The van der Waals surface area contributed by atoms with Crippen molar-refractivity contribution < 1.29 is 9.59 Å². The number of piperidine rings is 1. The Morgan fingerprint density at radius 1 is 0.967 bits per heavy atom. The molecule has 0 aliphatic carbocycles. The van der Waals surface area contributed by atoms with Gasteiger partial charge in [-0.15, -0.1) is 0 Å². The minimum atomic E-state index is -0.615. The van der Waals surface area contributed by atoms with Crippen LogP contribution >= 0.6 is 15.9 Å². The maximum atomic E-state index is 12.8. The summed E-state index contributed by atoms with van der Waals surface area (Å²) >= 11 is 3.49. The third-order valence-corrected chi connectivity index (χ3v) is 6.68. The average molecular weight is 470 g/mol. The molecule has 0 aromatic heterocycles. The fourth-order valence-corrected chi connectivity index (χ4v) is 4.78. The Morgan fingerprint density at radius 2 is 1.67 bits per heavy atom. The van der Waals surface area contributed by atoms with Crippen molar-refractivity contribution in [3.8, 4) is 0 Å². The number of hydrogen-bond donors (Lipinski definition) is 1. The third kappa shape index (κ3) is 4.93. The molecule has 30 heavy (non-hydrogen) atoms. The van der Waals surface area contributed by atoms with Crippen molar-refractivity contribution in [2.75, 3.05) is 24.5 Å². The topological polar surface area (TPSA) is 52.7 Å². The van der Waals surface area contributed by atoms with Crippen molar-refractivity contribution >= 4 is 33.4 Å². The van der Waals surface area contributed by atoms with Crippen LogP contribution in [0, 0.1) is 5.92 Å². The zero-order chi connectivity index (χ0) is 20.9. The maximum Gasteiger partial charge on any atom is 0.239 e. The van der Waals surface area contributed by atoms with E-state index in [9.17, 15) is 9.59 Å². The Balaban J connectivity index is 1.29. The first-order chi connectivity index (χ1) is 14.6. The normalized spacial score (nSPS) is 19.8. The highest BCUT2D eigenvalue weighted by Gasteiger charge is 2.38. The van der Waals surface area contributed by atoms with Gasteiger partial charge in [-0.1, -0.05) is 42.8 Å². The van der Waals surface area contributed by atoms with Gasteiger partial charge in [0.15, 0.2) is 0 Å². The first-order valence-electron chi connectivity index (χ1n) is 10.8. The number of benzene rings is 2. The molecule has 5 nitrogen and oxygen atoms in total. The fourth-order valence-electron chi connectivity index (χ4n) is 4.28. The molecular weight excluding hydrogens is 442 g/mol. The van der Waals surface area contributed by atoms with Crippen LogP contribution in [-0.4, -0.2) is 36.3 Å². The van der Waals surface area contributed by atoms with Crippen molar-refractivity contribution in [3.63, 3.8) is 0 Å². The summed E-state index contributed by atoms with van der Waals surface area (Å²) in [6.07, 6.45) is 4.48. The standard InChI is InChI=1S/C24H28BrN3O2/c25-21-6-2-3-7-22(21)28-15-12-20(24(28)30)23(29)26-16-18-8-10-19(11-9-18)17-27-13-4-1-5-14-27/h2-3,6-11,20H,1,4-5,12-17H2,(H,26,29). The largest absolute Gasteiger partial charge is 0.351 e. The van der Waals surface area contributed by atoms with E-state index < -0.39 is 5.92 Å². The molecule has 2 aliphatic rings. The number of carbonyl (C=O) groups is 2. The highest BCUT2D eigenvalue weighted by atomic mass is 79.9. The second kappa shape index (κ2) is 9.75. The number of hydrogen-bond acceptors (Lipinski definition) is 3. The molecule has 1 unspecified atom stereocenters. The van der Waals surface area contributed by atoms with Gasteiger partial charge >= 0.3 is 0 Å². The molecule has 2 heterocycles. The summed E-state index contributed by atoms with van der Waals surface area (Å²) in [7, 11) is 0. The van der Waals surface area contributed by atoms with Crippen LogP contribution in [0.1, 0.15) is 36.8 Å². The highest BCUT2D eigenvalue weighted by molar-refractivity contribution is 9.10. The Labute approximate surface area is 186 Å². The summed E-state index contributed by atoms with van der Waals surface area (Å²) in [6, 6.07) is 16.0. The molecule has 2 amide bonds. The molecule has 0 radical (unpaired) electrons. The lowest BCUT2D eigenvalue weighted by atomic mass is 10.1. The summed E-state index contributed by atoms with van der Waals surface area (Å²) in [5.74, 6) is -0.932. The summed E-state index contributed by atoms with van der Waals surface area (Å²) in [6.45, 7) is 4.37. The number of para-hydroxylation sites is 1. The van der Waals surface area contributed by atoms with Crippen molar-refractivity contribution in [1.29, 1.82) is 0 Å². The van der Waals surface area contributed by atoms with Gasteiger partial charge in [0.2, 0.25) is 11.8 Å². The molecule has 2 aromatic rings. The molecule has 0 saturated carbocycles. The summed E-state index contributed by atoms with van der Waals surface area (Å²) in [5, 5.41) is 2.95. The Bertz CT molecular complexity index is 894. The van der Waals surface area contributed by atoms with Crippen LogP contribution in [0.15, 0.2) is 53.0 Å². The predicted octanol–water partition coefficient (Wildman–Crippen LogP) is 4.10. The van der Waals surface area contributed by atoms with Crippen LogP contribution in [0.25, 0.3) is 0 Å². The molecule has 2 fully saturated rings. The molecule has 1 N–H and O–H groups in total. The Kier molecular flexibility index (Phi) is 6.85. The van der Waals surface area contributed by atoms with Gasteiger partial charge in [-0.05, 0) is 71.5 Å². The van der Waals surface area contributed by atoms with Crippen molar-refractivity contribution in [1.82, 2.24) is 10.2 Å². The van der Waals surface area contributed by atoms with Gasteiger partial charge in [0, 0.05) is 24.1 Å². The first kappa shape index (κ1) is 21.1. The molecule has 0 spiro atoms. The maximum absolute atomic E-state index is 12.8. The van der Waals surface area contributed by atoms with Crippen LogP contribution in [0.5, 0.6) is 0 Å². The number of nitrogens with zero attached hydrogens (tertiary/aromatic N) is 2. The van der Waals surface area contributed by atoms with Crippen LogP contribution in [0.4, 0.5) is 5.69 Å². The van der Waals surface area contributed by atoms with Crippen molar-refractivity contribution in [2.45, 2.75) is 38.8 Å². The minimum Gasteiger partial charge on any atom is -0.351 e. The van der Waals surface area contributed by atoms with Crippen LogP contribution < -0.4 is 10.2 Å². The number of nitrogens with one attached hydrogen (secondary N) is 1. The highest BCUT2D eigenvalue weighted by Crippen LogP contribution is 2.31. The smallest absolute Gasteiger partial charge is 0.239 e. The molecule has 2 saturated heterocycles. The van der Waals surface area contributed by atoms with Gasteiger partial charge in [0.05, 0.1) is 5.69 Å². The summed E-state index contributed by atoms with van der Waals surface area (Å²) in [5.41, 5.74) is 3.18. The first-order valence-corrected chi connectivity index (χ1v) is 11.5. The van der Waals surface area contributed by atoms with E-state index in [4.69, 9.17) is 0 Å². The van der Waals surface area contributed by atoms with Gasteiger partial charge in [0.1, 0.15) is 5.92 Å². The fraction of sp³-hybridized carbons (Fsp3) is 0.417. The lowest BCUT2D eigenvalue weighted by Gasteiger charge is -2.26. The number of likely N-dealkylation sites (tertiary alicyclic amines) is 1. The lowest BCUT2D eigenvalue weighted by Crippen LogP contribution is -2.36. The molecule has 0 bridgehead atoms. The Hall–Kier alpha value is -2.18. The molecule has 6 heteroatoms. The van der Waals surface area contributed by atoms with E-state index >= 15 is 0 Å². The summed E-state index contributed by atoms with van der Waals surface area (Å²) < 4.78 is 0.865. The van der Waals surface area contributed by atoms with Gasteiger partial charge in [-0.3, -0.25) is 14.5 Å². The second-order valence-corrected chi connectivity index (χ2v) is 9.01. The number of amides is 2. The van der Waals surface area contributed by atoms with Crippen LogP contribution in [-0.2, 0) is 22.7 Å². The number of rotatable bonds is 6. The molecule has 158 valence electrons. The number of carbonyl (C=O) groups excluding carboxylic acids is 2. The third-order valence-electron chi connectivity index (χ3n) is 6.01. The van der Waals surface area contributed by atoms with Crippen LogP contribution in [0.2, 0.25) is 0 Å². The monoisotopic (exact) mass is 469 g/mol. The van der Waals surface area contributed by atoms with E-state index in [0.29, 0.717) is 19.5 Å². The predicted molar refractivity (Wildman–Crippen MR) is 122 cm³/mol. The van der Waals surface area contributed by atoms with Gasteiger partial charge < -0.3 is 10.2 Å². The SMILES string of the molecule is O=C(NCc1ccc(CN2CCCCC2)cc1)C1CCN(c2ccccc2Br)C1=O. The van der Waals surface area contributed by atoms with E-state index in [1.165, 1.54) is 37.9 Å². The molecule has 2 aliphatic heterocycles. The van der Waals surface area contributed by atoms with E-state index in [1.54, 1.807) is 4.90 Å². The molecule has 2 aromatic carbocycles. The molecular formula is C24H28BrN3O2. The van der Waals surface area contributed by atoms with Gasteiger partial charge in [-0.25, -0.2) is 0 Å². The Morgan fingerprint density at radius 3 is 2.40 bits per heavy atom. The summed E-state index contributed by atoms with van der Waals surface area (Å²) in [4.78, 5) is 29.6. The minimum absolute atomic E-state index is 0.128. The van der Waals surface area contributed by atoms with E-state index in [-0.39, 0.29) is 11.8 Å². The molecule has 1 atom stereocenters. The number of halogens is 1. The van der Waals surface area contributed by atoms with Crippen molar-refractivity contribution in [2.24, 2.45) is 5.92 Å². The number of anilines is 1. The molecule has 4 rings (SSSR count). The van der Waals surface area contributed by atoms with E-state index in [1.807, 2.05) is 24.3 Å². The van der Waals surface area contributed by atoms with E-state index in [0.717, 1.165) is 22.3 Å².